The van der Waals surface area contributed by atoms with Gasteiger partial charge in [-0.05, 0) is 49.5 Å². The molecular weight excluding hydrogens is 351 g/mol. The third-order valence-corrected chi connectivity index (χ3v) is 4.79. The summed E-state index contributed by atoms with van der Waals surface area (Å²) in [5, 5.41) is 0. The first kappa shape index (κ1) is 21.0. The number of rotatable bonds is 6. The van der Waals surface area contributed by atoms with E-state index in [2.05, 4.69) is 4.90 Å². The van der Waals surface area contributed by atoms with Gasteiger partial charge >= 0.3 is 0 Å². The van der Waals surface area contributed by atoms with Crippen LogP contribution in [0.3, 0.4) is 0 Å². The monoisotopic (exact) mass is 376 g/mol. The van der Waals surface area contributed by atoms with E-state index in [-0.39, 0.29) is 36.6 Å². The second kappa shape index (κ2) is 8.90. The fourth-order valence-electron chi connectivity index (χ4n) is 3.76. The normalized spacial score (nSPS) is 18.5. The fourth-order valence-corrected chi connectivity index (χ4v) is 3.76. The van der Waals surface area contributed by atoms with Gasteiger partial charge in [0.05, 0.1) is 19.8 Å². The molecule has 3 rings (SSSR count). The van der Waals surface area contributed by atoms with Crippen molar-refractivity contribution < 1.29 is 14.3 Å². The Morgan fingerprint density at radius 3 is 2.62 bits per heavy atom. The van der Waals surface area contributed by atoms with E-state index in [0.717, 1.165) is 44.5 Å². The smallest absolute Gasteiger partial charge is 0.171 e. The molecule has 2 N–H and O–H groups in total. The van der Waals surface area contributed by atoms with Crippen molar-refractivity contribution in [1.29, 1.82) is 0 Å². The highest BCUT2D eigenvalue weighted by atomic mass is 35.5. The predicted octanol–water partition coefficient (Wildman–Crippen LogP) is 2.77. The molecule has 0 spiro atoms. The lowest BCUT2D eigenvalue weighted by Gasteiger charge is -2.35. The molecule has 2 aliphatic rings. The molecule has 0 aromatic heterocycles. The summed E-state index contributed by atoms with van der Waals surface area (Å²) >= 11 is 0. The molecule has 0 saturated heterocycles. The van der Waals surface area contributed by atoms with E-state index in [4.69, 9.17) is 15.2 Å². The van der Waals surface area contributed by atoms with Gasteiger partial charge in [0.1, 0.15) is 0 Å². The minimum absolute atomic E-state index is 0. The lowest BCUT2D eigenvalue weighted by Crippen LogP contribution is -2.35. The summed E-state index contributed by atoms with van der Waals surface area (Å²) in [6, 6.07) is 2.24. The first-order valence-corrected chi connectivity index (χ1v) is 7.96. The topological polar surface area (TPSA) is 64.8 Å². The number of hydrogen-bond acceptors (Lipinski definition) is 5. The number of unbranched alkanes of at least 4 members (excludes halogenated alkanes) is 1. The Balaban J connectivity index is 0.00000144. The van der Waals surface area contributed by atoms with E-state index in [0.29, 0.717) is 17.9 Å². The van der Waals surface area contributed by atoms with E-state index in [1.165, 1.54) is 11.1 Å². The summed E-state index contributed by atoms with van der Waals surface area (Å²) in [6.07, 6.45) is 3.62. The average Bonchev–Trinajstić information content (AvgIpc) is 2.88. The van der Waals surface area contributed by atoms with Gasteiger partial charge in [-0.25, -0.2) is 0 Å². The Kier molecular flexibility index (Phi) is 7.80. The summed E-state index contributed by atoms with van der Waals surface area (Å²) in [4.78, 5) is 15.0. The Morgan fingerprint density at radius 2 is 2.00 bits per heavy atom. The molecule has 24 heavy (non-hydrogen) atoms. The zero-order valence-corrected chi connectivity index (χ0v) is 15.8. The molecule has 5 nitrogen and oxygen atoms in total. The van der Waals surface area contributed by atoms with Crippen LogP contribution in [0.4, 0.5) is 0 Å². The molecule has 1 aromatic rings. The second-order valence-corrected chi connectivity index (χ2v) is 5.98. The minimum Gasteiger partial charge on any atom is -0.493 e. The number of benzene rings is 1. The maximum absolute atomic E-state index is 12.6. The third kappa shape index (κ3) is 3.49. The van der Waals surface area contributed by atoms with E-state index < -0.39 is 0 Å². The van der Waals surface area contributed by atoms with Gasteiger partial charge in [0.15, 0.2) is 17.3 Å². The Morgan fingerprint density at radius 1 is 1.25 bits per heavy atom. The standard InChI is InChI=1S/C17H24N2O3.2ClH/c1-21-14-9-11-5-8-19(7-4-3-6-18)12-10-13(20)16(15(11)12)17(14)22-2;;/h9,12H,3-8,10,18H2,1-2H3;2*1H. The summed E-state index contributed by atoms with van der Waals surface area (Å²) in [6.45, 7) is 2.72. The van der Waals surface area contributed by atoms with Crippen molar-refractivity contribution in [3.8, 4) is 11.5 Å². The molecule has 1 aliphatic carbocycles. The lowest BCUT2D eigenvalue weighted by molar-refractivity contribution is 0.0946. The number of nitrogens with two attached hydrogens (primary N) is 1. The van der Waals surface area contributed by atoms with Crippen LogP contribution in [0.1, 0.15) is 46.8 Å². The molecule has 1 aliphatic heterocycles. The summed E-state index contributed by atoms with van der Waals surface area (Å²) < 4.78 is 10.9. The van der Waals surface area contributed by atoms with E-state index in [1.807, 2.05) is 6.07 Å². The largest absolute Gasteiger partial charge is 0.493 e. The highest BCUT2D eigenvalue weighted by Crippen LogP contribution is 2.48. The first-order valence-electron chi connectivity index (χ1n) is 7.96. The van der Waals surface area contributed by atoms with Crippen molar-refractivity contribution in [2.75, 3.05) is 33.9 Å². The van der Waals surface area contributed by atoms with Crippen LogP contribution >= 0.6 is 24.8 Å². The van der Waals surface area contributed by atoms with Crippen LogP contribution in [-0.4, -0.2) is 44.5 Å². The van der Waals surface area contributed by atoms with Gasteiger partial charge in [0, 0.05) is 19.0 Å². The number of ether oxygens (including phenoxy) is 2. The fraction of sp³-hybridized carbons (Fsp3) is 0.588. The van der Waals surface area contributed by atoms with Crippen molar-refractivity contribution in [2.45, 2.75) is 31.7 Å². The van der Waals surface area contributed by atoms with Gasteiger partial charge < -0.3 is 15.2 Å². The molecule has 1 unspecified atom stereocenters. The van der Waals surface area contributed by atoms with Gasteiger partial charge in [-0.15, -0.1) is 24.8 Å². The number of halogens is 2. The molecule has 0 saturated carbocycles. The number of ketones is 1. The van der Waals surface area contributed by atoms with Crippen molar-refractivity contribution >= 4 is 30.6 Å². The van der Waals surface area contributed by atoms with Crippen molar-refractivity contribution in [3.05, 3.63) is 22.8 Å². The van der Waals surface area contributed by atoms with Crippen LogP contribution in [0.15, 0.2) is 6.07 Å². The highest BCUT2D eigenvalue weighted by Gasteiger charge is 2.41. The number of carbonyl (C=O) groups is 1. The highest BCUT2D eigenvalue weighted by molar-refractivity contribution is 6.05. The van der Waals surface area contributed by atoms with Crippen LogP contribution < -0.4 is 15.2 Å². The van der Waals surface area contributed by atoms with Crippen molar-refractivity contribution in [3.63, 3.8) is 0 Å². The number of methoxy groups -OCH3 is 2. The molecule has 0 bridgehead atoms. The molecule has 136 valence electrons. The Hall–Kier alpha value is -1.01. The zero-order chi connectivity index (χ0) is 15.7. The SMILES string of the molecule is COc1cc2c3c(c1OC)C(=O)CC3N(CCCCN)CC2.Cl.Cl. The van der Waals surface area contributed by atoms with Crippen LogP contribution in [0.2, 0.25) is 0 Å². The van der Waals surface area contributed by atoms with Gasteiger partial charge in [-0.3, -0.25) is 9.69 Å². The van der Waals surface area contributed by atoms with E-state index in [1.54, 1.807) is 14.2 Å². The number of hydrogen-bond donors (Lipinski definition) is 1. The molecule has 7 heteroatoms. The summed E-state index contributed by atoms with van der Waals surface area (Å²) in [7, 11) is 3.22. The molecule has 1 heterocycles. The Bertz CT molecular complexity index is 596. The number of carbonyl (C=O) groups excluding carboxylic acids is 1. The van der Waals surface area contributed by atoms with Gasteiger partial charge in [0.2, 0.25) is 0 Å². The first-order chi connectivity index (χ1) is 10.7. The maximum atomic E-state index is 12.6. The van der Waals surface area contributed by atoms with Crippen LogP contribution in [0.25, 0.3) is 0 Å². The minimum atomic E-state index is 0. The lowest BCUT2D eigenvalue weighted by atomic mass is 9.92. The number of nitrogens with zero attached hydrogens (tertiary/aromatic N) is 1. The van der Waals surface area contributed by atoms with Crippen LogP contribution in [-0.2, 0) is 6.42 Å². The van der Waals surface area contributed by atoms with Gasteiger partial charge in [0.25, 0.3) is 0 Å². The van der Waals surface area contributed by atoms with Gasteiger partial charge in [-0.2, -0.15) is 0 Å². The maximum Gasteiger partial charge on any atom is 0.171 e. The van der Waals surface area contributed by atoms with E-state index >= 15 is 0 Å². The number of Topliss-reactive ketones (excluding diaryl/α,β-unsaturated/α-hetero) is 1. The van der Waals surface area contributed by atoms with Crippen molar-refractivity contribution in [2.24, 2.45) is 5.73 Å². The van der Waals surface area contributed by atoms with Crippen molar-refractivity contribution in [1.82, 2.24) is 4.90 Å². The predicted molar refractivity (Wildman–Crippen MR) is 99.3 cm³/mol. The quantitative estimate of drug-likeness (QED) is 0.773. The van der Waals surface area contributed by atoms with Crippen LogP contribution in [0.5, 0.6) is 11.5 Å². The Labute approximate surface area is 155 Å². The average molecular weight is 377 g/mol. The van der Waals surface area contributed by atoms with E-state index in [9.17, 15) is 4.79 Å². The molecule has 1 aromatic carbocycles. The zero-order valence-electron chi connectivity index (χ0n) is 14.2. The van der Waals surface area contributed by atoms with Crippen LogP contribution in [0, 0.1) is 0 Å². The third-order valence-electron chi connectivity index (χ3n) is 4.79. The summed E-state index contributed by atoms with van der Waals surface area (Å²) in [5.74, 6) is 1.43. The molecule has 0 fully saturated rings. The molecule has 0 radical (unpaired) electrons. The second-order valence-electron chi connectivity index (χ2n) is 5.98. The molecular formula is C17H26Cl2N2O3. The summed E-state index contributed by atoms with van der Waals surface area (Å²) in [5.41, 5.74) is 8.73. The molecule has 1 atom stereocenters. The van der Waals surface area contributed by atoms with Gasteiger partial charge in [-0.1, -0.05) is 0 Å². The molecule has 0 amide bonds.